The first-order valence-corrected chi connectivity index (χ1v) is 7.60. The molecule has 21 heavy (non-hydrogen) atoms. The van der Waals surface area contributed by atoms with Crippen LogP contribution in [0.3, 0.4) is 0 Å². The predicted octanol–water partition coefficient (Wildman–Crippen LogP) is 4.74. The second-order valence-corrected chi connectivity index (χ2v) is 6.00. The number of hydrogen-bond acceptors (Lipinski definition) is 4. The van der Waals surface area contributed by atoms with Crippen LogP contribution < -0.4 is 10.1 Å². The zero-order valence-corrected chi connectivity index (χ0v) is 14.3. The highest BCUT2D eigenvalue weighted by Gasteiger charge is 2.11. The third kappa shape index (κ3) is 3.95. The maximum atomic E-state index is 10.9. The largest absolute Gasteiger partial charge is 0.496 e. The van der Waals surface area contributed by atoms with Gasteiger partial charge in [0.25, 0.3) is 5.69 Å². The number of hydrogen-bond donors (Lipinski definition) is 1. The van der Waals surface area contributed by atoms with Crippen LogP contribution in [0.15, 0.2) is 45.3 Å². The van der Waals surface area contributed by atoms with E-state index in [9.17, 15) is 10.1 Å². The topological polar surface area (TPSA) is 64.4 Å². The van der Waals surface area contributed by atoms with Gasteiger partial charge >= 0.3 is 0 Å². The summed E-state index contributed by atoms with van der Waals surface area (Å²) in [7, 11) is 1.54. The number of halogens is 2. The van der Waals surface area contributed by atoms with Gasteiger partial charge < -0.3 is 10.1 Å². The van der Waals surface area contributed by atoms with Crippen molar-refractivity contribution < 1.29 is 9.66 Å². The molecule has 0 fully saturated rings. The number of rotatable bonds is 5. The Balaban J connectivity index is 2.22. The molecule has 0 aliphatic rings. The highest BCUT2D eigenvalue weighted by molar-refractivity contribution is 9.11. The second kappa shape index (κ2) is 6.91. The Morgan fingerprint density at radius 2 is 2.00 bits per heavy atom. The van der Waals surface area contributed by atoms with E-state index in [2.05, 4.69) is 37.2 Å². The lowest BCUT2D eigenvalue weighted by Crippen LogP contribution is -2.03. The van der Waals surface area contributed by atoms with Gasteiger partial charge in [-0.2, -0.15) is 0 Å². The Bertz CT molecular complexity index is 677. The summed E-state index contributed by atoms with van der Waals surface area (Å²) in [6.07, 6.45) is 0. The molecule has 0 bridgehead atoms. The summed E-state index contributed by atoms with van der Waals surface area (Å²) in [4.78, 5) is 10.4. The van der Waals surface area contributed by atoms with E-state index < -0.39 is 4.92 Å². The standard InChI is InChI=1S/C14H12Br2N2O3/c1-21-14-5-3-11(18(19)20)6-9(14)8-17-13-4-2-10(15)7-12(13)16/h2-7,17H,8H2,1H3. The fraction of sp³-hybridized carbons (Fsp3) is 0.143. The molecule has 0 aliphatic heterocycles. The van der Waals surface area contributed by atoms with Crippen molar-refractivity contribution in [2.24, 2.45) is 0 Å². The van der Waals surface area contributed by atoms with Crippen molar-refractivity contribution in [2.45, 2.75) is 6.54 Å². The molecule has 0 heterocycles. The molecule has 0 unspecified atom stereocenters. The Hall–Kier alpha value is -1.60. The van der Waals surface area contributed by atoms with Crippen molar-refractivity contribution in [3.05, 3.63) is 61.0 Å². The molecule has 1 N–H and O–H groups in total. The molecular formula is C14H12Br2N2O3. The summed E-state index contributed by atoms with van der Waals surface area (Å²) in [5, 5.41) is 14.1. The van der Waals surface area contributed by atoms with Gasteiger partial charge in [-0.3, -0.25) is 10.1 Å². The number of anilines is 1. The third-order valence-electron chi connectivity index (χ3n) is 2.88. The van der Waals surface area contributed by atoms with Crippen molar-refractivity contribution >= 4 is 43.2 Å². The van der Waals surface area contributed by atoms with Crippen LogP contribution in [-0.4, -0.2) is 12.0 Å². The van der Waals surface area contributed by atoms with Crippen molar-refractivity contribution in [3.63, 3.8) is 0 Å². The number of nitro groups is 1. The molecule has 5 nitrogen and oxygen atoms in total. The van der Waals surface area contributed by atoms with E-state index in [4.69, 9.17) is 4.74 Å². The van der Waals surface area contributed by atoms with Crippen molar-refractivity contribution in [1.82, 2.24) is 0 Å². The SMILES string of the molecule is COc1ccc([N+](=O)[O-])cc1CNc1ccc(Br)cc1Br. The molecule has 0 saturated carbocycles. The van der Waals surface area contributed by atoms with Crippen LogP contribution in [0.5, 0.6) is 5.75 Å². The molecule has 2 aromatic carbocycles. The van der Waals surface area contributed by atoms with E-state index in [-0.39, 0.29) is 5.69 Å². The van der Waals surface area contributed by atoms with Gasteiger partial charge in [0.05, 0.1) is 12.0 Å². The Morgan fingerprint density at radius 3 is 2.62 bits per heavy atom. The lowest BCUT2D eigenvalue weighted by Gasteiger charge is -2.12. The highest BCUT2D eigenvalue weighted by Crippen LogP contribution is 2.29. The number of ether oxygens (including phenoxy) is 1. The zero-order valence-electron chi connectivity index (χ0n) is 11.1. The minimum Gasteiger partial charge on any atom is -0.496 e. The lowest BCUT2D eigenvalue weighted by atomic mass is 10.1. The van der Waals surface area contributed by atoms with Crippen molar-refractivity contribution in [3.8, 4) is 5.75 Å². The molecule has 0 spiro atoms. The van der Waals surface area contributed by atoms with Gasteiger partial charge in [0.1, 0.15) is 5.75 Å². The smallest absolute Gasteiger partial charge is 0.270 e. The van der Waals surface area contributed by atoms with Gasteiger partial charge in [-0.05, 0) is 40.2 Å². The van der Waals surface area contributed by atoms with Crippen LogP contribution in [0.1, 0.15) is 5.56 Å². The minimum absolute atomic E-state index is 0.0440. The summed E-state index contributed by atoms with van der Waals surface area (Å²) in [5.41, 5.74) is 1.66. The predicted molar refractivity (Wildman–Crippen MR) is 88.8 cm³/mol. The van der Waals surface area contributed by atoms with E-state index in [0.29, 0.717) is 12.3 Å². The van der Waals surface area contributed by atoms with Crippen LogP contribution in [0.4, 0.5) is 11.4 Å². The fourth-order valence-electron chi connectivity index (χ4n) is 1.84. The summed E-state index contributed by atoms with van der Waals surface area (Å²) < 4.78 is 7.11. The molecule has 0 radical (unpaired) electrons. The van der Waals surface area contributed by atoms with E-state index >= 15 is 0 Å². The number of nitrogens with zero attached hydrogens (tertiary/aromatic N) is 1. The van der Waals surface area contributed by atoms with Gasteiger partial charge in [0.2, 0.25) is 0 Å². The monoisotopic (exact) mass is 414 g/mol. The second-order valence-electron chi connectivity index (χ2n) is 4.23. The number of nitro benzene ring substituents is 1. The van der Waals surface area contributed by atoms with Gasteiger partial charge in [-0.1, -0.05) is 15.9 Å². The van der Waals surface area contributed by atoms with Crippen LogP contribution in [-0.2, 0) is 6.54 Å². The van der Waals surface area contributed by atoms with Crippen LogP contribution in [0.25, 0.3) is 0 Å². The normalized spacial score (nSPS) is 10.2. The number of methoxy groups -OCH3 is 1. The zero-order chi connectivity index (χ0) is 15.4. The molecule has 0 aromatic heterocycles. The summed E-state index contributed by atoms with van der Waals surface area (Å²) in [6, 6.07) is 10.3. The van der Waals surface area contributed by atoms with Crippen molar-refractivity contribution in [1.29, 1.82) is 0 Å². The summed E-state index contributed by atoms with van der Waals surface area (Å²) in [6.45, 7) is 0.422. The molecule has 110 valence electrons. The molecule has 7 heteroatoms. The maximum Gasteiger partial charge on any atom is 0.270 e. The van der Waals surface area contributed by atoms with Crippen LogP contribution in [0, 0.1) is 10.1 Å². The molecule has 0 saturated heterocycles. The highest BCUT2D eigenvalue weighted by atomic mass is 79.9. The van der Waals surface area contributed by atoms with E-state index in [0.717, 1.165) is 20.2 Å². The van der Waals surface area contributed by atoms with Gasteiger partial charge in [0.15, 0.2) is 0 Å². The van der Waals surface area contributed by atoms with E-state index in [1.165, 1.54) is 12.1 Å². The van der Waals surface area contributed by atoms with E-state index in [1.54, 1.807) is 13.2 Å². The fourth-order valence-corrected chi connectivity index (χ4v) is 3.03. The maximum absolute atomic E-state index is 10.9. The van der Waals surface area contributed by atoms with Gasteiger partial charge in [-0.25, -0.2) is 0 Å². The number of benzene rings is 2. The minimum atomic E-state index is -0.418. The van der Waals surface area contributed by atoms with Gasteiger partial charge in [0, 0.05) is 38.9 Å². The first-order valence-electron chi connectivity index (χ1n) is 6.01. The van der Waals surface area contributed by atoms with Crippen LogP contribution in [0.2, 0.25) is 0 Å². The Kier molecular flexibility index (Phi) is 5.19. The third-order valence-corrected chi connectivity index (χ3v) is 4.02. The summed E-state index contributed by atoms with van der Waals surface area (Å²) in [5.74, 6) is 0.612. The average molecular weight is 416 g/mol. The average Bonchev–Trinajstić information content (AvgIpc) is 2.46. The molecule has 0 atom stereocenters. The molecular weight excluding hydrogens is 404 g/mol. The van der Waals surface area contributed by atoms with E-state index in [1.807, 2.05) is 18.2 Å². The van der Waals surface area contributed by atoms with Gasteiger partial charge in [-0.15, -0.1) is 0 Å². The molecule has 2 rings (SSSR count). The Labute approximate surface area is 138 Å². The molecule has 0 aliphatic carbocycles. The molecule has 0 amide bonds. The first-order chi connectivity index (χ1) is 10.0. The Morgan fingerprint density at radius 1 is 1.24 bits per heavy atom. The van der Waals surface area contributed by atoms with Crippen LogP contribution >= 0.6 is 31.9 Å². The molecule has 2 aromatic rings. The first kappa shape index (κ1) is 15.8. The quantitative estimate of drug-likeness (QED) is 0.565. The number of nitrogens with one attached hydrogen (secondary N) is 1. The number of non-ortho nitro benzene ring substituents is 1. The lowest BCUT2D eigenvalue weighted by molar-refractivity contribution is -0.384. The summed E-state index contributed by atoms with van der Waals surface area (Å²) >= 11 is 6.85. The van der Waals surface area contributed by atoms with Crippen molar-refractivity contribution in [2.75, 3.05) is 12.4 Å².